The second kappa shape index (κ2) is 9.73. The largest absolute Gasteiger partial charge is 0.329 e. The van der Waals surface area contributed by atoms with Gasteiger partial charge in [0.15, 0.2) is 0 Å². The predicted octanol–water partition coefficient (Wildman–Crippen LogP) is 2.80. The summed E-state index contributed by atoms with van der Waals surface area (Å²) in [5, 5.41) is 0. The quantitative estimate of drug-likeness (QED) is 0.627. The SMILES string of the molecule is CCN(CC)CCCN(CC)C(C)(CN)CC(C)C. The molecule has 0 bridgehead atoms. The molecule has 1 atom stereocenters. The van der Waals surface area contributed by atoms with E-state index in [0.29, 0.717) is 5.92 Å². The van der Waals surface area contributed by atoms with Gasteiger partial charge in [-0.25, -0.2) is 0 Å². The van der Waals surface area contributed by atoms with E-state index < -0.39 is 0 Å². The molecule has 0 aromatic rings. The van der Waals surface area contributed by atoms with Crippen molar-refractivity contribution in [2.75, 3.05) is 39.3 Å². The summed E-state index contributed by atoms with van der Waals surface area (Å²) in [4.78, 5) is 5.08. The van der Waals surface area contributed by atoms with E-state index in [1.807, 2.05) is 0 Å². The van der Waals surface area contributed by atoms with Crippen LogP contribution in [0.1, 0.15) is 54.4 Å². The van der Waals surface area contributed by atoms with Crippen molar-refractivity contribution in [2.24, 2.45) is 11.7 Å². The summed E-state index contributed by atoms with van der Waals surface area (Å²) in [6.45, 7) is 20.2. The molecule has 0 heterocycles. The fourth-order valence-corrected chi connectivity index (χ4v) is 3.06. The van der Waals surface area contributed by atoms with Crippen molar-refractivity contribution in [1.29, 1.82) is 0 Å². The van der Waals surface area contributed by atoms with E-state index in [-0.39, 0.29) is 5.54 Å². The van der Waals surface area contributed by atoms with Crippen molar-refractivity contribution in [3.05, 3.63) is 0 Å². The second-order valence-corrected chi connectivity index (χ2v) is 6.26. The topological polar surface area (TPSA) is 32.5 Å². The maximum atomic E-state index is 6.06. The first kappa shape index (κ1) is 18.9. The van der Waals surface area contributed by atoms with Crippen LogP contribution >= 0.6 is 0 Å². The summed E-state index contributed by atoms with van der Waals surface area (Å²) in [6.07, 6.45) is 2.42. The molecule has 0 rings (SSSR count). The van der Waals surface area contributed by atoms with Gasteiger partial charge in [-0.2, -0.15) is 0 Å². The summed E-state index contributed by atoms with van der Waals surface area (Å²) in [5.74, 6) is 0.699. The number of nitrogens with two attached hydrogens (primary N) is 1. The Morgan fingerprint density at radius 1 is 1.00 bits per heavy atom. The van der Waals surface area contributed by atoms with E-state index in [0.717, 1.165) is 32.7 Å². The van der Waals surface area contributed by atoms with Crippen LogP contribution in [0.2, 0.25) is 0 Å². The standard InChI is InChI=1S/C16H37N3/c1-7-18(8-2)11-10-12-19(9-3)16(6,14-17)13-15(4)5/h15H,7-14,17H2,1-6H3. The van der Waals surface area contributed by atoms with Crippen molar-refractivity contribution in [2.45, 2.75) is 59.9 Å². The summed E-state index contributed by atoms with van der Waals surface area (Å²) < 4.78 is 0. The summed E-state index contributed by atoms with van der Waals surface area (Å²) in [6, 6.07) is 0. The van der Waals surface area contributed by atoms with E-state index in [9.17, 15) is 0 Å². The second-order valence-electron chi connectivity index (χ2n) is 6.26. The zero-order chi connectivity index (χ0) is 14.9. The molecule has 0 aromatic carbocycles. The zero-order valence-corrected chi connectivity index (χ0v) is 14.2. The highest BCUT2D eigenvalue weighted by molar-refractivity contribution is 4.88. The van der Waals surface area contributed by atoms with Crippen LogP contribution in [0.3, 0.4) is 0 Å². The van der Waals surface area contributed by atoms with Crippen LogP contribution in [-0.2, 0) is 0 Å². The van der Waals surface area contributed by atoms with Crippen LogP contribution < -0.4 is 5.73 Å². The minimum absolute atomic E-state index is 0.159. The first-order chi connectivity index (χ1) is 8.93. The van der Waals surface area contributed by atoms with Gasteiger partial charge in [0.25, 0.3) is 0 Å². The van der Waals surface area contributed by atoms with Crippen LogP contribution in [-0.4, -0.2) is 54.6 Å². The van der Waals surface area contributed by atoms with Gasteiger partial charge in [-0.3, -0.25) is 4.90 Å². The number of likely N-dealkylation sites (N-methyl/N-ethyl adjacent to an activating group) is 1. The lowest BCUT2D eigenvalue weighted by Crippen LogP contribution is -2.53. The van der Waals surface area contributed by atoms with E-state index in [1.165, 1.54) is 19.4 Å². The molecular weight excluding hydrogens is 234 g/mol. The van der Waals surface area contributed by atoms with Crippen LogP contribution in [0, 0.1) is 5.92 Å². The Morgan fingerprint density at radius 3 is 1.95 bits per heavy atom. The highest BCUT2D eigenvalue weighted by Gasteiger charge is 2.29. The maximum absolute atomic E-state index is 6.06. The highest BCUT2D eigenvalue weighted by atomic mass is 15.2. The third-order valence-electron chi connectivity index (χ3n) is 4.23. The van der Waals surface area contributed by atoms with Crippen LogP contribution in [0.5, 0.6) is 0 Å². The number of hydrogen-bond donors (Lipinski definition) is 1. The average molecular weight is 271 g/mol. The molecule has 0 aromatic heterocycles. The molecule has 0 fully saturated rings. The maximum Gasteiger partial charge on any atom is 0.0305 e. The average Bonchev–Trinajstić information content (AvgIpc) is 2.38. The number of rotatable bonds is 11. The fraction of sp³-hybridized carbons (Fsp3) is 1.00. The Labute approximate surface area is 121 Å². The van der Waals surface area contributed by atoms with Gasteiger partial charge in [0.2, 0.25) is 0 Å². The number of nitrogens with zero attached hydrogens (tertiary/aromatic N) is 2. The minimum atomic E-state index is 0.159. The summed E-state index contributed by atoms with van der Waals surface area (Å²) >= 11 is 0. The molecule has 0 aliphatic rings. The van der Waals surface area contributed by atoms with Crippen molar-refractivity contribution in [3.63, 3.8) is 0 Å². The van der Waals surface area contributed by atoms with Gasteiger partial charge < -0.3 is 10.6 Å². The van der Waals surface area contributed by atoms with Crippen molar-refractivity contribution < 1.29 is 0 Å². The van der Waals surface area contributed by atoms with Gasteiger partial charge in [-0.05, 0) is 58.4 Å². The highest BCUT2D eigenvalue weighted by Crippen LogP contribution is 2.23. The zero-order valence-electron chi connectivity index (χ0n) is 14.2. The first-order valence-electron chi connectivity index (χ1n) is 8.10. The van der Waals surface area contributed by atoms with Crippen molar-refractivity contribution in [1.82, 2.24) is 9.80 Å². The Morgan fingerprint density at radius 2 is 1.58 bits per heavy atom. The van der Waals surface area contributed by atoms with E-state index in [1.54, 1.807) is 0 Å². The van der Waals surface area contributed by atoms with E-state index >= 15 is 0 Å². The van der Waals surface area contributed by atoms with Crippen LogP contribution in [0.15, 0.2) is 0 Å². The van der Waals surface area contributed by atoms with Crippen molar-refractivity contribution in [3.8, 4) is 0 Å². The van der Waals surface area contributed by atoms with Gasteiger partial charge >= 0.3 is 0 Å². The van der Waals surface area contributed by atoms with E-state index in [2.05, 4.69) is 51.3 Å². The molecule has 0 aliphatic heterocycles. The Bertz CT molecular complexity index is 214. The van der Waals surface area contributed by atoms with Crippen LogP contribution in [0.25, 0.3) is 0 Å². The monoisotopic (exact) mass is 271 g/mol. The molecule has 0 saturated heterocycles. The van der Waals surface area contributed by atoms with E-state index in [4.69, 9.17) is 5.73 Å². The molecule has 2 N–H and O–H groups in total. The molecular formula is C16H37N3. The Balaban J connectivity index is 4.37. The Kier molecular flexibility index (Phi) is 9.67. The molecule has 0 aliphatic carbocycles. The van der Waals surface area contributed by atoms with Gasteiger partial charge in [0.05, 0.1) is 0 Å². The van der Waals surface area contributed by atoms with Gasteiger partial charge in [-0.1, -0.05) is 34.6 Å². The molecule has 0 radical (unpaired) electrons. The third-order valence-corrected chi connectivity index (χ3v) is 4.23. The normalized spacial score (nSPS) is 15.5. The summed E-state index contributed by atoms with van der Waals surface area (Å²) in [5.41, 5.74) is 6.22. The number of hydrogen-bond acceptors (Lipinski definition) is 3. The molecule has 116 valence electrons. The third kappa shape index (κ3) is 6.73. The molecule has 3 heteroatoms. The molecule has 0 saturated carbocycles. The van der Waals surface area contributed by atoms with Crippen LogP contribution in [0.4, 0.5) is 0 Å². The molecule has 0 spiro atoms. The molecule has 3 nitrogen and oxygen atoms in total. The first-order valence-corrected chi connectivity index (χ1v) is 8.10. The lowest BCUT2D eigenvalue weighted by molar-refractivity contribution is 0.0893. The molecule has 1 unspecified atom stereocenters. The lowest BCUT2D eigenvalue weighted by atomic mass is 9.88. The Hall–Kier alpha value is -0.120. The summed E-state index contributed by atoms with van der Waals surface area (Å²) in [7, 11) is 0. The molecule has 19 heavy (non-hydrogen) atoms. The van der Waals surface area contributed by atoms with Gasteiger partial charge in [0.1, 0.15) is 0 Å². The fourth-order valence-electron chi connectivity index (χ4n) is 3.06. The minimum Gasteiger partial charge on any atom is -0.329 e. The smallest absolute Gasteiger partial charge is 0.0305 e. The molecule has 0 amide bonds. The van der Waals surface area contributed by atoms with Gasteiger partial charge in [-0.15, -0.1) is 0 Å². The van der Waals surface area contributed by atoms with Crippen molar-refractivity contribution >= 4 is 0 Å². The lowest BCUT2D eigenvalue weighted by Gasteiger charge is -2.41. The predicted molar refractivity (Wildman–Crippen MR) is 86.6 cm³/mol. The van der Waals surface area contributed by atoms with Gasteiger partial charge in [0, 0.05) is 12.1 Å².